The summed E-state index contributed by atoms with van der Waals surface area (Å²) in [7, 11) is 0. The number of benzene rings is 1. The number of rotatable bonds is 2. The van der Waals surface area contributed by atoms with Crippen LogP contribution in [0, 0.1) is 12.3 Å². The highest BCUT2D eigenvalue weighted by molar-refractivity contribution is 5.47. The molecule has 0 spiro atoms. The quantitative estimate of drug-likeness (QED) is 0.675. The van der Waals surface area contributed by atoms with Gasteiger partial charge in [0.25, 0.3) is 0 Å². The molecule has 99 valence electrons. The third-order valence-corrected chi connectivity index (χ3v) is 4.82. The van der Waals surface area contributed by atoms with Crippen LogP contribution in [0.1, 0.15) is 50.2 Å². The Bertz CT molecular complexity index is 519. The maximum atomic E-state index is 2.41. The van der Waals surface area contributed by atoms with Crippen molar-refractivity contribution in [3.63, 3.8) is 0 Å². The molecule has 2 aliphatic carbocycles. The summed E-state index contributed by atoms with van der Waals surface area (Å²) in [5.74, 6) is 1.32. The first kappa shape index (κ1) is 12.7. The first-order valence-electron chi connectivity index (χ1n) is 7.60. The van der Waals surface area contributed by atoms with Gasteiger partial charge in [-0.25, -0.2) is 0 Å². The van der Waals surface area contributed by atoms with E-state index in [1.165, 1.54) is 19.3 Å². The Balaban J connectivity index is 2.12. The molecule has 0 heterocycles. The summed E-state index contributed by atoms with van der Waals surface area (Å²) < 4.78 is 0. The minimum atomic E-state index is 0.601. The minimum absolute atomic E-state index is 0.601. The summed E-state index contributed by atoms with van der Waals surface area (Å²) in [6.07, 6.45) is 11.8. The van der Waals surface area contributed by atoms with Crippen molar-refractivity contribution in [1.29, 1.82) is 0 Å². The number of hydrogen-bond donors (Lipinski definition) is 0. The van der Waals surface area contributed by atoms with Crippen molar-refractivity contribution in [2.24, 2.45) is 5.92 Å². The standard InChI is InChI=1S/C19H23/c1-3-14(2)19-17-10-6-4-8-15(17)12-13-16-9-5-7-11-18(16)19/h4-8,10-11,14,19H,3,9,12-13H2,1-2H3. The smallest absolute Gasteiger partial charge is 0.0117 e. The molecule has 1 aromatic carbocycles. The van der Waals surface area contributed by atoms with Crippen LogP contribution in [0.4, 0.5) is 0 Å². The van der Waals surface area contributed by atoms with Crippen molar-refractivity contribution in [3.8, 4) is 0 Å². The maximum Gasteiger partial charge on any atom is 0.0117 e. The Morgan fingerprint density at radius 1 is 1.21 bits per heavy atom. The van der Waals surface area contributed by atoms with Crippen LogP contribution in [0.2, 0.25) is 0 Å². The predicted molar refractivity (Wildman–Crippen MR) is 82.0 cm³/mol. The predicted octanol–water partition coefficient (Wildman–Crippen LogP) is 5.22. The molecule has 0 fully saturated rings. The monoisotopic (exact) mass is 251 g/mol. The summed E-state index contributed by atoms with van der Waals surface area (Å²) in [6.45, 7) is 4.72. The van der Waals surface area contributed by atoms with E-state index in [1.54, 1.807) is 22.3 Å². The Morgan fingerprint density at radius 2 is 2.05 bits per heavy atom. The van der Waals surface area contributed by atoms with Gasteiger partial charge in [-0.3, -0.25) is 0 Å². The Kier molecular flexibility index (Phi) is 3.59. The van der Waals surface area contributed by atoms with Crippen LogP contribution in [-0.2, 0) is 6.42 Å². The average molecular weight is 251 g/mol. The third kappa shape index (κ3) is 2.29. The molecule has 2 aliphatic rings. The molecule has 1 aromatic rings. The molecule has 0 N–H and O–H groups in total. The highest BCUT2D eigenvalue weighted by Gasteiger charge is 2.28. The van der Waals surface area contributed by atoms with Crippen LogP contribution in [-0.4, -0.2) is 0 Å². The second-order valence-electron chi connectivity index (χ2n) is 5.92. The fourth-order valence-electron chi connectivity index (χ4n) is 3.55. The molecule has 0 bridgehead atoms. The molecular formula is C19H23. The van der Waals surface area contributed by atoms with Crippen LogP contribution < -0.4 is 0 Å². The molecule has 0 heteroatoms. The number of aryl methyl sites for hydroxylation is 1. The van der Waals surface area contributed by atoms with Gasteiger partial charge in [-0.1, -0.05) is 62.3 Å². The van der Waals surface area contributed by atoms with Crippen LogP contribution in [0.3, 0.4) is 0 Å². The largest absolute Gasteiger partial charge is 0.0802 e. The molecule has 1 radical (unpaired) electrons. The van der Waals surface area contributed by atoms with Crippen molar-refractivity contribution >= 4 is 0 Å². The van der Waals surface area contributed by atoms with Crippen LogP contribution in [0.15, 0.2) is 47.6 Å². The molecule has 0 aromatic heterocycles. The van der Waals surface area contributed by atoms with Crippen molar-refractivity contribution < 1.29 is 0 Å². The lowest BCUT2D eigenvalue weighted by molar-refractivity contribution is 0.492. The van der Waals surface area contributed by atoms with Crippen molar-refractivity contribution in [2.75, 3.05) is 0 Å². The van der Waals surface area contributed by atoms with Crippen molar-refractivity contribution in [3.05, 3.63) is 65.1 Å². The van der Waals surface area contributed by atoms with Crippen molar-refractivity contribution in [1.82, 2.24) is 0 Å². The van der Waals surface area contributed by atoms with E-state index in [-0.39, 0.29) is 0 Å². The van der Waals surface area contributed by atoms with E-state index in [4.69, 9.17) is 0 Å². The van der Waals surface area contributed by atoms with Gasteiger partial charge >= 0.3 is 0 Å². The second kappa shape index (κ2) is 5.36. The Hall–Kier alpha value is -1.30. The van der Waals surface area contributed by atoms with E-state index in [0.29, 0.717) is 11.8 Å². The normalized spacial score (nSPS) is 23.6. The van der Waals surface area contributed by atoms with E-state index >= 15 is 0 Å². The van der Waals surface area contributed by atoms with E-state index < -0.39 is 0 Å². The molecule has 19 heavy (non-hydrogen) atoms. The van der Waals surface area contributed by atoms with Gasteiger partial charge in [0.15, 0.2) is 0 Å². The lowest BCUT2D eigenvalue weighted by Crippen LogP contribution is -2.14. The van der Waals surface area contributed by atoms with Gasteiger partial charge < -0.3 is 0 Å². The zero-order valence-electron chi connectivity index (χ0n) is 12.0. The molecular weight excluding hydrogens is 228 g/mol. The molecule has 0 aliphatic heterocycles. The van der Waals surface area contributed by atoms with E-state index in [1.807, 2.05) is 0 Å². The Morgan fingerprint density at radius 3 is 2.89 bits per heavy atom. The highest BCUT2D eigenvalue weighted by Crippen LogP contribution is 2.43. The van der Waals surface area contributed by atoms with Gasteiger partial charge in [-0.05, 0) is 48.3 Å². The van der Waals surface area contributed by atoms with Crippen LogP contribution >= 0.6 is 0 Å². The molecule has 3 rings (SSSR count). The number of allylic oxidation sites excluding steroid dienone is 4. The van der Waals surface area contributed by atoms with Gasteiger partial charge in [0.2, 0.25) is 0 Å². The SMILES string of the molecule is CCC(C)C1C2=C(C[CH]C=C2)CCc2ccccc21. The second-order valence-corrected chi connectivity index (χ2v) is 5.92. The highest BCUT2D eigenvalue weighted by atomic mass is 14.3. The molecule has 0 saturated carbocycles. The summed E-state index contributed by atoms with van der Waals surface area (Å²) in [5.41, 5.74) is 6.43. The molecule has 2 atom stereocenters. The molecule has 2 unspecified atom stereocenters. The summed E-state index contributed by atoms with van der Waals surface area (Å²) in [4.78, 5) is 0. The lowest BCUT2D eigenvalue weighted by Gasteiger charge is -2.28. The van der Waals surface area contributed by atoms with E-state index in [0.717, 1.165) is 6.42 Å². The Labute approximate surface area is 117 Å². The number of hydrogen-bond acceptors (Lipinski definition) is 0. The minimum Gasteiger partial charge on any atom is -0.0802 e. The lowest BCUT2D eigenvalue weighted by atomic mass is 9.76. The fraction of sp³-hybridized carbons (Fsp3) is 0.421. The zero-order valence-corrected chi connectivity index (χ0v) is 12.0. The maximum absolute atomic E-state index is 2.41. The van der Waals surface area contributed by atoms with Gasteiger partial charge in [-0.2, -0.15) is 0 Å². The van der Waals surface area contributed by atoms with Crippen molar-refractivity contribution in [2.45, 2.75) is 45.4 Å². The summed E-state index contributed by atoms with van der Waals surface area (Å²) in [6, 6.07) is 9.09. The van der Waals surface area contributed by atoms with Gasteiger partial charge in [0, 0.05) is 5.92 Å². The van der Waals surface area contributed by atoms with Gasteiger partial charge in [0.05, 0.1) is 0 Å². The molecule has 0 nitrogen and oxygen atoms in total. The van der Waals surface area contributed by atoms with Gasteiger partial charge in [0.1, 0.15) is 0 Å². The molecule has 0 amide bonds. The number of fused-ring (bicyclic) bond motifs is 1. The first-order valence-corrected chi connectivity index (χ1v) is 7.60. The van der Waals surface area contributed by atoms with Crippen LogP contribution in [0.5, 0.6) is 0 Å². The summed E-state index contributed by atoms with van der Waals surface area (Å²) in [5, 5.41) is 0. The first-order chi connectivity index (χ1) is 9.31. The zero-order chi connectivity index (χ0) is 13.2. The third-order valence-electron chi connectivity index (χ3n) is 4.82. The van der Waals surface area contributed by atoms with Gasteiger partial charge in [-0.15, -0.1) is 0 Å². The average Bonchev–Trinajstić information content (AvgIpc) is 2.63. The van der Waals surface area contributed by atoms with E-state index in [2.05, 4.69) is 56.7 Å². The topological polar surface area (TPSA) is 0 Å². The van der Waals surface area contributed by atoms with Crippen LogP contribution in [0.25, 0.3) is 0 Å². The summed E-state index contributed by atoms with van der Waals surface area (Å²) >= 11 is 0. The fourth-order valence-corrected chi connectivity index (χ4v) is 3.55. The van der Waals surface area contributed by atoms with E-state index in [9.17, 15) is 0 Å². The molecule has 0 saturated heterocycles.